The van der Waals surface area contributed by atoms with E-state index in [1.165, 1.54) is 69.6 Å². The Morgan fingerprint density at radius 1 is 0.562 bits per heavy atom. The predicted molar refractivity (Wildman–Crippen MR) is 260 cm³/mol. The molecule has 0 bridgehead atoms. The molecule has 0 saturated carbocycles. The lowest BCUT2D eigenvalue weighted by Crippen LogP contribution is -2.24. The minimum absolute atomic E-state index is 0.0375. The average molecular weight is 874 g/mol. The maximum atomic E-state index is 12.7. The van der Waals surface area contributed by atoms with Gasteiger partial charge in [-0.1, -0.05) is 182 Å². The number of hydrogen-bond acceptors (Lipinski definition) is 5. The van der Waals surface area contributed by atoms with Gasteiger partial charge in [-0.25, -0.2) is 0 Å². The first-order valence-corrected chi connectivity index (χ1v) is 23.0. The molecule has 0 aliphatic carbocycles. The zero-order valence-electron chi connectivity index (χ0n) is 37.2. The molecule has 0 unspecified atom stereocenters. The number of benzene rings is 6. The van der Waals surface area contributed by atoms with Crippen LogP contribution in [0.5, 0.6) is 0 Å². The summed E-state index contributed by atoms with van der Waals surface area (Å²) >= 11 is -0.234. The average Bonchev–Trinajstić information content (AvgIpc) is 3.96. The molecule has 6 aromatic rings. The van der Waals surface area contributed by atoms with Crippen molar-refractivity contribution < 1.29 is 32.2 Å². The Kier molecular flexibility index (Phi) is 15.0. The summed E-state index contributed by atoms with van der Waals surface area (Å²) < 4.78 is 43.6. The molecule has 0 saturated heterocycles. The first-order chi connectivity index (χ1) is 30.6. The topological polar surface area (TPSA) is 60.4 Å². The van der Waals surface area contributed by atoms with Crippen molar-refractivity contribution in [2.75, 3.05) is 0 Å². The van der Waals surface area contributed by atoms with Crippen LogP contribution in [0.25, 0.3) is 0 Å². The molecule has 64 heavy (non-hydrogen) atoms. The summed E-state index contributed by atoms with van der Waals surface area (Å²) in [5.41, 5.74) is 10.6. The molecule has 9 rings (SSSR count). The lowest BCUT2D eigenvalue weighted by Gasteiger charge is -2.11. The molecular formula is C53H52B3F3O4S. The minimum atomic E-state index is -4.40. The van der Waals surface area contributed by atoms with Crippen molar-refractivity contribution >= 4 is 65.8 Å². The molecule has 0 atom stereocenters. The van der Waals surface area contributed by atoms with Crippen molar-refractivity contribution in [2.24, 2.45) is 0 Å². The van der Waals surface area contributed by atoms with Gasteiger partial charge in [0.15, 0.2) is 30.8 Å². The van der Waals surface area contributed by atoms with Crippen LogP contribution in [0.1, 0.15) is 75.6 Å². The van der Waals surface area contributed by atoms with Crippen molar-refractivity contribution in [3.8, 4) is 0 Å². The van der Waals surface area contributed by atoms with Crippen molar-refractivity contribution in [1.82, 2.24) is 0 Å². The number of carbonyl (C=O) groups excluding carboxylic acids is 3. The summed E-state index contributed by atoms with van der Waals surface area (Å²) in [6.45, 7) is 12.5. The van der Waals surface area contributed by atoms with E-state index in [1.54, 1.807) is 6.07 Å². The number of carbonyl (C=O) groups is 3. The van der Waals surface area contributed by atoms with E-state index in [9.17, 15) is 27.6 Å². The molecule has 3 heterocycles. The number of ketones is 3. The molecule has 3 aliphatic rings. The molecule has 4 nitrogen and oxygen atoms in total. The second-order valence-electron chi connectivity index (χ2n) is 17.5. The highest BCUT2D eigenvalue weighted by Crippen LogP contribution is 2.38. The number of fused-ring (bicyclic) bond motifs is 3. The Balaban J connectivity index is 0.000000144. The minimum Gasteiger partial charge on any atom is -0.427 e. The van der Waals surface area contributed by atoms with Gasteiger partial charge in [0.2, 0.25) is 0 Å². The molecule has 0 amide bonds. The zero-order chi connectivity index (χ0) is 45.5. The van der Waals surface area contributed by atoms with Crippen LogP contribution >= 0.6 is 11.8 Å². The van der Waals surface area contributed by atoms with Gasteiger partial charge in [0.05, 0.1) is 6.61 Å². The van der Waals surface area contributed by atoms with E-state index in [1.807, 2.05) is 86.6 Å². The number of alkyl halides is 3. The molecule has 3 aliphatic heterocycles. The van der Waals surface area contributed by atoms with Gasteiger partial charge >= 0.3 is 12.4 Å². The highest BCUT2D eigenvalue weighted by atomic mass is 32.2. The van der Waals surface area contributed by atoms with E-state index in [0.717, 1.165) is 46.1 Å². The fraction of sp³-hybridized carbons (Fsp3) is 0.264. The van der Waals surface area contributed by atoms with Gasteiger partial charge in [0.1, 0.15) is 0 Å². The van der Waals surface area contributed by atoms with Gasteiger partial charge in [0, 0.05) is 40.8 Å². The van der Waals surface area contributed by atoms with Crippen molar-refractivity contribution in [3.05, 3.63) is 189 Å². The summed E-state index contributed by atoms with van der Waals surface area (Å²) in [6, 6.07) is 40.3. The quantitative estimate of drug-likeness (QED) is 0.0780. The lowest BCUT2D eigenvalue weighted by molar-refractivity contribution is -0.0328. The van der Waals surface area contributed by atoms with Gasteiger partial charge in [-0.05, 0) is 78.3 Å². The Morgan fingerprint density at radius 2 is 1.09 bits per heavy atom. The molecule has 0 fully saturated rings. The van der Waals surface area contributed by atoms with Crippen LogP contribution in [0.2, 0.25) is 33.1 Å². The predicted octanol–water partition coefficient (Wildman–Crippen LogP) is 10.7. The summed E-state index contributed by atoms with van der Waals surface area (Å²) in [5.74, 6) is 0.0868. The Bertz CT molecular complexity index is 2660. The largest absolute Gasteiger partial charge is 0.446 e. The summed E-state index contributed by atoms with van der Waals surface area (Å²) in [7, 11) is 0. The number of Topliss-reactive ketones (excluding diaryl/α,β-unsaturated/α-hetero) is 3. The van der Waals surface area contributed by atoms with Crippen LogP contribution in [0.15, 0.2) is 132 Å². The second-order valence-corrected chi connectivity index (χ2v) is 18.6. The molecule has 6 aromatic carbocycles. The summed E-state index contributed by atoms with van der Waals surface area (Å²) in [6.07, 6.45) is 5.66. The highest BCUT2D eigenvalue weighted by Gasteiger charge is 2.31. The number of hydrogen-bond donors (Lipinski definition) is 0. The molecule has 11 heteroatoms. The van der Waals surface area contributed by atoms with Crippen molar-refractivity contribution in [2.45, 2.75) is 96.1 Å². The molecule has 0 radical (unpaired) electrons. The van der Waals surface area contributed by atoms with Gasteiger partial charge in [-0.3, -0.25) is 14.4 Å². The number of halogens is 3. The van der Waals surface area contributed by atoms with Gasteiger partial charge in [-0.15, -0.1) is 0 Å². The molecule has 324 valence electrons. The number of aryl methyl sites for hydroxylation is 4. The van der Waals surface area contributed by atoms with E-state index < -0.39 is 5.51 Å². The third-order valence-corrected chi connectivity index (χ3v) is 13.3. The third-order valence-electron chi connectivity index (χ3n) is 12.5. The first-order valence-electron chi connectivity index (χ1n) is 22.1. The second kappa shape index (κ2) is 20.6. The van der Waals surface area contributed by atoms with Crippen LogP contribution in [0.4, 0.5) is 13.2 Å². The van der Waals surface area contributed by atoms with Crippen LogP contribution in [0.3, 0.4) is 0 Å². The van der Waals surface area contributed by atoms with Gasteiger partial charge in [0.25, 0.3) is 0 Å². The maximum absolute atomic E-state index is 12.7. The van der Waals surface area contributed by atoms with Gasteiger partial charge < -0.3 is 4.65 Å². The number of thioether (sulfide) groups is 1. The normalized spacial score (nSPS) is 13.6. The molecular weight excluding hydrogens is 822 g/mol. The summed E-state index contributed by atoms with van der Waals surface area (Å²) in [4.78, 5) is 37.1. The molecule has 0 spiro atoms. The van der Waals surface area contributed by atoms with E-state index in [0.29, 0.717) is 32.9 Å². The number of rotatable bonds is 10. The van der Waals surface area contributed by atoms with E-state index in [4.69, 9.17) is 4.65 Å². The Hall–Kier alpha value is -5.38. The van der Waals surface area contributed by atoms with Gasteiger partial charge in [-0.2, -0.15) is 13.2 Å². The lowest BCUT2D eigenvalue weighted by atomic mass is 9.48. The van der Waals surface area contributed by atoms with E-state index in [2.05, 4.69) is 50.8 Å². The zero-order valence-corrected chi connectivity index (χ0v) is 38.0. The summed E-state index contributed by atoms with van der Waals surface area (Å²) in [5, 5.41) is 0. The Morgan fingerprint density at radius 3 is 1.67 bits per heavy atom. The molecule has 0 N–H and O–H groups in total. The van der Waals surface area contributed by atoms with Crippen LogP contribution in [0, 0.1) is 13.8 Å². The monoisotopic (exact) mass is 874 g/mol. The highest BCUT2D eigenvalue weighted by molar-refractivity contribution is 8.00. The SMILES string of the molecule is CB1CCc2ccc(CC(=O)c3ccc(C)cc3)cc21.CB1CCc2ccc(CC(=O)c3ccccc3SC(F)(F)F)cc21.CB1OCc2ccc(CC(=O)c3cccc(C)c3)cc21. The van der Waals surface area contributed by atoms with E-state index >= 15 is 0 Å². The fourth-order valence-electron chi connectivity index (χ4n) is 8.83. The van der Waals surface area contributed by atoms with Crippen molar-refractivity contribution in [3.63, 3.8) is 0 Å². The van der Waals surface area contributed by atoms with Crippen LogP contribution in [-0.4, -0.2) is 43.2 Å². The smallest absolute Gasteiger partial charge is 0.427 e. The Labute approximate surface area is 381 Å². The standard InChI is InChI=1S/C18H16BF3OS.C18H19BO.C17H17BO2/c1-19-9-8-13-7-6-12(10-15(13)19)11-16(23)14-4-2-3-5-17(14)24-18(20,21)22;1-13-3-6-16(7-4-13)18(20)12-14-5-8-15-9-10-19(2)17(15)11-14;1-12-4-3-5-14(8-12)17(19)10-13-6-7-15-11-20-18(2)16(15)9-13/h2-7,10H,8-9,11H2,1H3;3-8,11H,9-10,12H2,1-2H3;3-9H,10-11H2,1-2H3. The van der Waals surface area contributed by atoms with Crippen LogP contribution < -0.4 is 16.4 Å². The maximum Gasteiger partial charge on any atom is 0.446 e. The first kappa shape index (κ1) is 46.6. The molecule has 0 aromatic heterocycles. The third kappa shape index (κ3) is 12.0. The van der Waals surface area contributed by atoms with Crippen molar-refractivity contribution in [1.29, 1.82) is 0 Å². The fourth-order valence-corrected chi connectivity index (χ4v) is 9.52. The van der Waals surface area contributed by atoms with Crippen LogP contribution in [-0.2, 0) is 43.4 Å². The van der Waals surface area contributed by atoms with E-state index in [-0.39, 0.29) is 52.9 Å².